The topological polar surface area (TPSA) is 12.0 Å². The lowest BCUT2D eigenvalue weighted by molar-refractivity contribution is 0.594. The lowest BCUT2D eigenvalue weighted by Crippen LogP contribution is -2.17. The highest BCUT2D eigenvalue weighted by atomic mass is 35.5. The molecule has 0 radical (unpaired) electrons. The monoisotopic (exact) mass is 309 g/mol. The summed E-state index contributed by atoms with van der Waals surface area (Å²) in [6.45, 7) is 6.40. The van der Waals surface area contributed by atoms with Crippen LogP contribution in [-0.2, 0) is 0 Å². The molecule has 2 rings (SSSR count). The van der Waals surface area contributed by atoms with E-state index in [4.69, 9.17) is 11.6 Å². The maximum Gasteiger partial charge on any atom is 0.131 e. The summed E-state index contributed by atoms with van der Waals surface area (Å²) in [6.07, 6.45) is 0. The standard InChI is InChI=1S/C17H18ClF2N/c1-4-21-11(3)13-6-5-12(8-15(13)18)14-9-16(19)10(2)7-17(14)20/h5-9,11,21H,4H2,1-3H3. The van der Waals surface area contributed by atoms with E-state index in [-0.39, 0.29) is 11.6 Å². The summed E-state index contributed by atoms with van der Waals surface area (Å²) in [7, 11) is 0. The molecule has 0 saturated carbocycles. The molecule has 112 valence electrons. The third-order valence-corrected chi connectivity index (χ3v) is 3.86. The summed E-state index contributed by atoms with van der Waals surface area (Å²) >= 11 is 6.28. The molecule has 1 unspecified atom stereocenters. The molecule has 0 spiro atoms. The summed E-state index contributed by atoms with van der Waals surface area (Å²) in [5, 5.41) is 3.81. The molecule has 0 bridgehead atoms. The van der Waals surface area contributed by atoms with Crippen LogP contribution < -0.4 is 5.32 Å². The van der Waals surface area contributed by atoms with Crippen molar-refractivity contribution < 1.29 is 8.78 Å². The molecule has 21 heavy (non-hydrogen) atoms. The zero-order valence-corrected chi connectivity index (χ0v) is 13.1. The largest absolute Gasteiger partial charge is 0.310 e. The third-order valence-electron chi connectivity index (χ3n) is 3.54. The van der Waals surface area contributed by atoms with Crippen molar-refractivity contribution >= 4 is 11.6 Å². The Bertz CT molecular complexity index is 655. The molecule has 0 fully saturated rings. The van der Waals surface area contributed by atoms with Crippen LogP contribution in [0.1, 0.15) is 31.0 Å². The smallest absolute Gasteiger partial charge is 0.131 e. The van der Waals surface area contributed by atoms with Crippen molar-refractivity contribution in [1.29, 1.82) is 0 Å². The molecule has 0 saturated heterocycles. The second-order valence-electron chi connectivity index (χ2n) is 5.10. The van der Waals surface area contributed by atoms with Crippen LogP contribution in [0.3, 0.4) is 0 Å². The van der Waals surface area contributed by atoms with Gasteiger partial charge in [-0.05, 0) is 55.3 Å². The first-order chi connectivity index (χ1) is 9.93. The molecule has 0 heterocycles. The van der Waals surface area contributed by atoms with Gasteiger partial charge >= 0.3 is 0 Å². The predicted molar refractivity (Wildman–Crippen MR) is 83.6 cm³/mol. The molecule has 0 aliphatic rings. The van der Waals surface area contributed by atoms with E-state index in [9.17, 15) is 8.78 Å². The summed E-state index contributed by atoms with van der Waals surface area (Å²) in [5.41, 5.74) is 2.03. The molecule has 2 aromatic carbocycles. The Morgan fingerprint density at radius 3 is 2.48 bits per heavy atom. The van der Waals surface area contributed by atoms with Crippen LogP contribution in [0, 0.1) is 18.6 Å². The van der Waals surface area contributed by atoms with Gasteiger partial charge in [-0.25, -0.2) is 8.78 Å². The Morgan fingerprint density at radius 1 is 1.14 bits per heavy atom. The van der Waals surface area contributed by atoms with E-state index in [1.54, 1.807) is 12.1 Å². The Morgan fingerprint density at radius 2 is 1.86 bits per heavy atom. The van der Waals surface area contributed by atoms with Crippen LogP contribution >= 0.6 is 11.6 Å². The predicted octanol–water partition coefficient (Wildman–Crippen LogP) is 5.26. The molecule has 1 N–H and O–H groups in total. The zero-order chi connectivity index (χ0) is 15.6. The van der Waals surface area contributed by atoms with Gasteiger partial charge in [0.2, 0.25) is 0 Å². The highest BCUT2D eigenvalue weighted by Gasteiger charge is 2.13. The quantitative estimate of drug-likeness (QED) is 0.812. The van der Waals surface area contributed by atoms with Gasteiger partial charge in [-0.2, -0.15) is 0 Å². The van der Waals surface area contributed by atoms with Crippen LogP contribution in [0.15, 0.2) is 30.3 Å². The maximum absolute atomic E-state index is 14.0. The first-order valence-corrected chi connectivity index (χ1v) is 7.30. The van der Waals surface area contributed by atoms with Gasteiger partial charge in [0.15, 0.2) is 0 Å². The van der Waals surface area contributed by atoms with Crippen LogP contribution in [-0.4, -0.2) is 6.54 Å². The first kappa shape index (κ1) is 15.9. The fourth-order valence-electron chi connectivity index (χ4n) is 2.33. The highest BCUT2D eigenvalue weighted by molar-refractivity contribution is 6.31. The fourth-order valence-corrected chi connectivity index (χ4v) is 2.67. The van der Waals surface area contributed by atoms with E-state index in [2.05, 4.69) is 5.32 Å². The Kier molecular flexibility index (Phi) is 4.96. The van der Waals surface area contributed by atoms with Gasteiger partial charge in [-0.15, -0.1) is 0 Å². The maximum atomic E-state index is 14.0. The van der Waals surface area contributed by atoms with Gasteiger partial charge in [0.1, 0.15) is 11.6 Å². The Hall–Kier alpha value is -1.45. The number of hydrogen-bond acceptors (Lipinski definition) is 1. The summed E-state index contributed by atoms with van der Waals surface area (Å²) in [4.78, 5) is 0. The van der Waals surface area contributed by atoms with Crippen molar-refractivity contribution in [2.75, 3.05) is 6.54 Å². The number of nitrogens with one attached hydrogen (secondary N) is 1. The molecule has 0 amide bonds. The summed E-state index contributed by atoms with van der Waals surface area (Å²) in [5.74, 6) is -0.870. The summed E-state index contributed by atoms with van der Waals surface area (Å²) < 4.78 is 27.6. The molecule has 1 nitrogen and oxygen atoms in total. The zero-order valence-electron chi connectivity index (χ0n) is 12.3. The lowest BCUT2D eigenvalue weighted by Gasteiger charge is -2.15. The minimum Gasteiger partial charge on any atom is -0.310 e. The van der Waals surface area contributed by atoms with Crippen molar-refractivity contribution in [3.63, 3.8) is 0 Å². The van der Waals surface area contributed by atoms with Gasteiger partial charge in [-0.1, -0.05) is 30.7 Å². The van der Waals surface area contributed by atoms with Gasteiger partial charge in [0.05, 0.1) is 0 Å². The SMILES string of the molecule is CCNC(C)c1ccc(-c2cc(F)c(C)cc2F)cc1Cl. The molecule has 0 aromatic heterocycles. The van der Waals surface area contributed by atoms with Gasteiger partial charge in [-0.3, -0.25) is 0 Å². The van der Waals surface area contributed by atoms with E-state index in [0.29, 0.717) is 16.1 Å². The molecule has 0 aliphatic heterocycles. The first-order valence-electron chi connectivity index (χ1n) is 6.93. The van der Waals surface area contributed by atoms with Crippen molar-refractivity contribution in [2.24, 2.45) is 0 Å². The second kappa shape index (κ2) is 6.54. The van der Waals surface area contributed by atoms with E-state index in [1.807, 2.05) is 19.9 Å². The van der Waals surface area contributed by atoms with Crippen molar-refractivity contribution in [1.82, 2.24) is 5.32 Å². The van der Waals surface area contributed by atoms with Gasteiger partial charge < -0.3 is 5.32 Å². The molecular formula is C17H18ClF2N. The minimum atomic E-state index is -0.447. The van der Waals surface area contributed by atoms with Crippen LogP contribution in [0.4, 0.5) is 8.78 Å². The lowest BCUT2D eigenvalue weighted by atomic mass is 9.99. The molecule has 1 atom stereocenters. The van der Waals surface area contributed by atoms with E-state index >= 15 is 0 Å². The Balaban J connectivity index is 2.43. The number of rotatable bonds is 4. The van der Waals surface area contributed by atoms with Gasteiger partial charge in [0, 0.05) is 16.6 Å². The molecule has 2 aromatic rings. The average molecular weight is 310 g/mol. The van der Waals surface area contributed by atoms with Crippen LogP contribution in [0.5, 0.6) is 0 Å². The normalized spacial score (nSPS) is 12.5. The third kappa shape index (κ3) is 3.42. The number of benzene rings is 2. The average Bonchev–Trinajstić information content (AvgIpc) is 2.43. The van der Waals surface area contributed by atoms with Gasteiger partial charge in [0.25, 0.3) is 0 Å². The highest BCUT2D eigenvalue weighted by Crippen LogP contribution is 2.31. The Labute approximate surface area is 128 Å². The van der Waals surface area contributed by atoms with E-state index in [0.717, 1.165) is 12.1 Å². The molecular weight excluding hydrogens is 292 g/mol. The van der Waals surface area contributed by atoms with Crippen molar-refractivity contribution in [3.8, 4) is 11.1 Å². The minimum absolute atomic E-state index is 0.108. The molecule has 0 aliphatic carbocycles. The van der Waals surface area contributed by atoms with Crippen molar-refractivity contribution in [3.05, 3.63) is 58.1 Å². The molecule has 4 heteroatoms. The fraction of sp³-hybridized carbons (Fsp3) is 0.294. The van der Waals surface area contributed by atoms with E-state index < -0.39 is 11.6 Å². The van der Waals surface area contributed by atoms with Crippen LogP contribution in [0.25, 0.3) is 11.1 Å². The summed E-state index contributed by atoms with van der Waals surface area (Å²) in [6, 6.07) is 7.82. The number of halogens is 3. The second-order valence-corrected chi connectivity index (χ2v) is 5.50. The van der Waals surface area contributed by atoms with E-state index in [1.165, 1.54) is 19.1 Å². The van der Waals surface area contributed by atoms with Crippen LogP contribution in [0.2, 0.25) is 5.02 Å². The number of hydrogen-bond donors (Lipinski definition) is 1. The number of aryl methyl sites for hydroxylation is 1. The van der Waals surface area contributed by atoms with Crippen molar-refractivity contribution in [2.45, 2.75) is 26.8 Å².